The van der Waals surface area contributed by atoms with Gasteiger partial charge in [0.2, 0.25) is 0 Å². The van der Waals surface area contributed by atoms with E-state index in [9.17, 15) is 4.79 Å². The topological polar surface area (TPSA) is 71.2 Å². The lowest BCUT2D eigenvalue weighted by Gasteiger charge is -2.25. The van der Waals surface area contributed by atoms with Crippen molar-refractivity contribution in [1.82, 2.24) is 10.3 Å². The lowest BCUT2D eigenvalue weighted by atomic mass is 10.1. The number of nitrogens with two attached hydrogens (primary N) is 1. The van der Waals surface area contributed by atoms with E-state index >= 15 is 0 Å². The molecule has 5 nitrogen and oxygen atoms in total. The monoisotopic (exact) mass is 280 g/mol. The number of hydrogen-bond donors (Lipinski definition) is 2. The van der Waals surface area contributed by atoms with Crippen molar-refractivity contribution in [3.63, 3.8) is 0 Å². The number of rotatable bonds is 4. The number of nitrogen functional groups attached to an aromatic ring is 1. The normalized spacial score (nSPS) is 17.0. The van der Waals surface area contributed by atoms with Crippen molar-refractivity contribution >= 4 is 28.2 Å². The summed E-state index contributed by atoms with van der Waals surface area (Å²) >= 11 is 1.37. The van der Waals surface area contributed by atoms with Gasteiger partial charge in [-0.05, 0) is 26.2 Å². The highest BCUT2D eigenvalue weighted by atomic mass is 32.1. The Balaban J connectivity index is 2.11. The first-order valence-electron chi connectivity index (χ1n) is 6.56. The summed E-state index contributed by atoms with van der Waals surface area (Å²) in [5, 5.41) is 3.67. The SMILES string of the molecule is C=CC(C)NC(=O)c1sc(N2CCCCC2)nc1N. The van der Waals surface area contributed by atoms with Gasteiger partial charge in [0.25, 0.3) is 5.91 Å². The van der Waals surface area contributed by atoms with Crippen LogP contribution in [0.5, 0.6) is 0 Å². The van der Waals surface area contributed by atoms with Crippen LogP contribution in [0.2, 0.25) is 0 Å². The molecule has 1 saturated heterocycles. The molecule has 0 saturated carbocycles. The molecule has 0 aliphatic carbocycles. The third-order valence-electron chi connectivity index (χ3n) is 3.19. The van der Waals surface area contributed by atoms with Crippen molar-refractivity contribution in [2.45, 2.75) is 32.2 Å². The van der Waals surface area contributed by atoms with Crippen LogP contribution < -0.4 is 16.0 Å². The van der Waals surface area contributed by atoms with Gasteiger partial charge in [-0.25, -0.2) is 4.98 Å². The average Bonchev–Trinajstić information content (AvgIpc) is 2.81. The Bertz CT molecular complexity index is 465. The van der Waals surface area contributed by atoms with E-state index in [4.69, 9.17) is 5.73 Å². The van der Waals surface area contributed by atoms with E-state index in [1.807, 2.05) is 6.92 Å². The molecule has 1 amide bonds. The summed E-state index contributed by atoms with van der Waals surface area (Å²) in [4.78, 5) is 19.1. The summed E-state index contributed by atoms with van der Waals surface area (Å²) in [6.45, 7) is 7.50. The molecule has 1 aromatic heterocycles. The second-order valence-corrected chi connectivity index (χ2v) is 5.73. The minimum Gasteiger partial charge on any atom is -0.382 e. The number of nitrogens with one attached hydrogen (secondary N) is 1. The van der Waals surface area contributed by atoms with Crippen LogP contribution in [-0.2, 0) is 0 Å². The van der Waals surface area contributed by atoms with E-state index in [1.54, 1.807) is 6.08 Å². The number of carbonyl (C=O) groups is 1. The smallest absolute Gasteiger partial charge is 0.265 e. The number of amides is 1. The minimum atomic E-state index is -0.175. The molecule has 0 aromatic carbocycles. The van der Waals surface area contributed by atoms with E-state index in [-0.39, 0.29) is 11.9 Å². The zero-order valence-electron chi connectivity index (χ0n) is 11.2. The van der Waals surface area contributed by atoms with Crippen LogP contribution in [0.3, 0.4) is 0 Å². The molecular formula is C13H20N4OS. The molecule has 2 heterocycles. The second-order valence-electron chi connectivity index (χ2n) is 4.76. The molecule has 1 aliphatic rings. The van der Waals surface area contributed by atoms with Gasteiger partial charge in [0.1, 0.15) is 10.7 Å². The molecule has 3 N–H and O–H groups in total. The van der Waals surface area contributed by atoms with Gasteiger partial charge in [0.05, 0.1) is 0 Å². The van der Waals surface area contributed by atoms with Gasteiger partial charge in [0.15, 0.2) is 5.13 Å². The van der Waals surface area contributed by atoms with Gasteiger partial charge in [-0.3, -0.25) is 4.79 Å². The Morgan fingerprint density at radius 3 is 2.84 bits per heavy atom. The summed E-state index contributed by atoms with van der Waals surface area (Å²) < 4.78 is 0. The molecule has 1 aromatic rings. The fourth-order valence-corrected chi connectivity index (χ4v) is 2.97. The Morgan fingerprint density at radius 2 is 2.21 bits per heavy atom. The van der Waals surface area contributed by atoms with Gasteiger partial charge in [0, 0.05) is 19.1 Å². The number of piperidine rings is 1. The molecule has 1 fully saturated rings. The van der Waals surface area contributed by atoms with Crippen molar-refractivity contribution in [3.05, 3.63) is 17.5 Å². The van der Waals surface area contributed by atoms with Crippen molar-refractivity contribution in [3.8, 4) is 0 Å². The Kier molecular flexibility index (Phi) is 4.42. The number of carbonyl (C=O) groups excluding carboxylic acids is 1. The summed E-state index contributed by atoms with van der Waals surface area (Å²) in [7, 11) is 0. The molecule has 1 unspecified atom stereocenters. The Hall–Kier alpha value is -1.56. The van der Waals surface area contributed by atoms with E-state index in [0.29, 0.717) is 10.7 Å². The number of nitrogens with zero attached hydrogens (tertiary/aromatic N) is 2. The van der Waals surface area contributed by atoms with E-state index < -0.39 is 0 Å². The number of thiazole rings is 1. The molecule has 1 atom stereocenters. The predicted octanol–water partition coefficient (Wildman–Crippen LogP) is 2.02. The van der Waals surface area contributed by atoms with Crippen molar-refractivity contribution in [2.75, 3.05) is 23.7 Å². The van der Waals surface area contributed by atoms with Crippen LogP contribution in [0.1, 0.15) is 35.9 Å². The molecule has 2 rings (SSSR count). The third kappa shape index (κ3) is 3.26. The van der Waals surface area contributed by atoms with Crippen LogP contribution in [0.4, 0.5) is 10.9 Å². The Labute approximate surface area is 117 Å². The predicted molar refractivity (Wildman–Crippen MR) is 79.7 cm³/mol. The quantitative estimate of drug-likeness (QED) is 0.828. The van der Waals surface area contributed by atoms with Gasteiger partial charge >= 0.3 is 0 Å². The van der Waals surface area contributed by atoms with Crippen LogP contribution in [-0.4, -0.2) is 30.0 Å². The van der Waals surface area contributed by atoms with Crippen molar-refractivity contribution in [2.24, 2.45) is 0 Å². The molecule has 1 aliphatic heterocycles. The van der Waals surface area contributed by atoms with E-state index in [0.717, 1.165) is 18.2 Å². The fraction of sp³-hybridized carbons (Fsp3) is 0.538. The number of aromatic nitrogens is 1. The first kappa shape index (κ1) is 13.9. The number of hydrogen-bond acceptors (Lipinski definition) is 5. The standard InChI is InChI=1S/C13H20N4OS/c1-3-9(2)15-12(18)10-11(14)16-13(19-10)17-7-5-4-6-8-17/h3,9H,1,4-8,14H2,2H3,(H,15,18). The van der Waals surface area contributed by atoms with Gasteiger partial charge in [-0.2, -0.15) is 0 Å². The molecule has 19 heavy (non-hydrogen) atoms. The van der Waals surface area contributed by atoms with Crippen molar-refractivity contribution < 1.29 is 4.79 Å². The summed E-state index contributed by atoms with van der Waals surface area (Å²) in [5.74, 6) is 0.144. The van der Waals surface area contributed by atoms with Crippen LogP contribution in [0.25, 0.3) is 0 Å². The minimum absolute atomic E-state index is 0.0764. The zero-order valence-corrected chi connectivity index (χ0v) is 12.0. The van der Waals surface area contributed by atoms with E-state index in [1.165, 1.54) is 30.6 Å². The maximum atomic E-state index is 12.0. The molecule has 0 bridgehead atoms. The Morgan fingerprint density at radius 1 is 1.53 bits per heavy atom. The van der Waals surface area contributed by atoms with E-state index in [2.05, 4.69) is 21.8 Å². The fourth-order valence-electron chi connectivity index (χ4n) is 2.03. The summed E-state index contributed by atoms with van der Waals surface area (Å²) in [6.07, 6.45) is 5.30. The van der Waals surface area contributed by atoms with Gasteiger partial charge in [-0.15, -0.1) is 6.58 Å². The van der Waals surface area contributed by atoms with Gasteiger partial charge < -0.3 is 16.0 Å². The van der Waals surface area contributed by atoms with Crippen LogP contribution in [0, 0.1) is 0 Å². The first-order chi connectivity index (χ1) is 9.11. The largest absolute Gasteiger partial charge is 0.382 e. The summed E-state index contributed by atoms with van der Waals surface area (Å²) in [6, 6.07) is -0.0764. The highest BCUT2D eigenvalue weighted by Gasteiger charge is 2.21. The third-order valence-corrected chi connectivity index (χ3v) is 4.32. The first-order valence-corrected chi connectivity index (χ1v) is 7.38. The molecule has 0 radical (unpaired) electrons. The molecule has 0 spiro atoms. The highest BCUT2D eigenvalue weighted by Crippen LogP contribution is 2.29. The maximum Gasteiger partial charge on any atom is 0.265 e. The number of anilines is 2. The highest BCUT2D eigenvalue weighted by molar-refractivity contribution is 7.18. The zero-order chi connectivity index (χ0) is 13.8. The molecule has 104 valence electrons. The molecule has 6 heteroatoms. The van der Waals surface area contributed by atoms with Crippen LogP contribution in [0.15, 0.2) is 12.7 Å². The molecular weight excluding hydrogens is 260 g/mol. The van der Waals surface area contributed by atoms with Gasteiger partial charge in [-0.1, -0.05) is 17.4 Å². The van der Waals surface area contributed by atoms with Crippen LogP contribution >= 0.6 is 11.3 Å². The second kappa shape index (κ2) is 6.06. The average molecular weight is 280 g/mol. The van der Waals surface area contributed by atoms with Crippen molar-refractivity contribution in [1.29, 1.82) is 0 Å². The lowest BCUT2D eigenvalue weighted by molar-refractivity contribution is 0.0951. The summed E-state index contributed by atoms with van der Waals surface area (Å²) in [5.41, 5.74) is 5.85. The maximum absolute atomic E-state index is 12.0. The lowest BCUT2D eigenvalue weighted by Crippen LogP contribution is -2.30.